The predicted molar refractivity (Wildman–Crippen MR) is 76.8 cm³/mol. The number of halogens is 1. The summed E-state index contributed by atoms with van der Waals surface area (Å²) in [5.41, 5.74) is 0.902. The van der Waals surface area contributed by atoms with Gasteiger partial charge in [-0.15, -0.1) is 11.6 Å². The third-order valence-electron chi connectivity index (χ3n) is 2.27. The number of hydrogen-bond donors (Lipinski definition) is 0. The van der Waals surface area contributed by atoms with Crippen LogP contribution in [0.1, 0.15) is 12.0 Å². The number of alkyl halides is 1. The highest BCUT2D eigenvalue weighted by atomic mass is 35.5. The summed E-state index contributed by atoms with van der Waals surface area (Å²) in [7, 11) is 1.68. The quantitative estimate of drug-likeness (QED) is 0.417. The zero-order chi connectivity index (χ0) is 13.8. The third-order valence-corrected chi connectivity index (χ3v) is 2.40. The van der Waals surface area contributed by atoms with Gasteiger partial charge < -0.3 is 14.2 Å². The van der Waals surface area contributed by atoms with Crippen molar-refractivity contribution in [1.82, 2.24) is 0 Å². The molecular weight excluding hydrogens is 264 g/mol. The van der Waals surface area contributed by atoms with Crippen molar-refractivity contribution >= 4 is 11.6 Å². The maximum atomic E-state index is 5.58. The van der Waals surface area contributed by atoms with E-state index in [1.807, 2.05) is 24.3 Å². The lowest BCUT2D eigenvalue weighted by molar-refractivity contribution is 0.0806. The Labute approximate surface area is 119 Å². The Morgan fingerprint density at radius 1 is 1.16 bits per heavy atom. The van der Waals surface area contributed by atoms with Crippen molar-refractivity contribution in [2.45, 2.75) is 6.42 Å². The first-order chi connectivity index (χ1) is 9.36. The summed E-state index contributed by atoms with van der Waals surface area (Å²) >= 11 is 5.52. The molecule has 0 radical (unpaired) electrons. The Balaban J connectivity index is 2.22. The molecule has 0 bridgehead atoms. The van der Waals surface area contributed by atoms with E-state index in [-0.39, 0.29) is 0 Å². The molecule has 1 rings (SSSR count). The van der Waals surface area contributed by atoms with Gasteiger partial charge in [-0.2, -0.15) is 0 Å². The Hall–Kier alpha value is -1.21. The standard InChI is InChI=1S/C15H19ClO3/c1-17-9-4-10-18-11-12-19-15-7-2-5-14(13-15)6-3-8-16/h2,5,7,13H,4,8-12H2,1H3. The highest BCUT2D eigenvalue weighted by Crippen LogP contribution is 2.12. The molecule has 0 spiro atoms. The van der Waals surface area contributed by atoms with Crippen LogP contribution >= 0.6 is 11.6 Å². The molecule has 0 aliphatic carbocycles. The molecule has 0 amide bonds. The van der Waals surface area contributed by atoms with E-state index >= 15 is 0 Å². The molecule has 0 saturated heterocycles. The topological polar surface area (TPSA) is 27.7 Å². The zero-order valence-electron chi connectivity index (χ0n) is 11.2. The summed E-state index contributed by atoms with van der Waals surface area (Å²) in [5.74, 6) is 6.89. The van der Waals surface area contributed by atoms with E-state index in [0.29, 0.717) is 25.7 Å². The van der Waals surface area contributed by atoms with Gasteiger partial charge in [0.2, 0.25) is 0 Å². The van der Waals surface area contributed by atoms with Gasteiger partial charge in [0.05, 0.1) is 12.5 Å². The fourth-order valence-corrected chi connectivity index (χ4v) is 1.49. The first kappa shape index (κ1) is 15.8. The number of rotatable bonds is 8. The second-order valence-electron chi connectivity index (χ2n) is 3.77. The SMILES string of the molecule is COCCCOCCOc1cccc(C#CCCl)c1. The lowest BCUT2D eigenvalue weighted by Gasteiger charge is -2.07. The van der Waals surface area contributed by atoms with Gasteiger partial charge in [-0.05, 0) is 24.6 Å². The first-order valence-electron chi connectivity index (χ1n) is 6.21. The molecule has 0 heterocycles. The second-order valence-corrected chi connectivity index (χ2v) is 4.04. The van der Waals surface area contributed by atoms with Gasteiger partial charge in [0.15, 0.2) is 0 Å². The first-order valence-corrected chi connectivity index (χ1v) is 6.74. The predicted octanol–water partition coefficient (Wildman–Crippen LogP) is 2.71. The summed E-state index contributed by atoms with van der Waals surface area (Å²) < 4.78 is 15.9. The minimum absolute atomic E-state index is 0.334. The normalized spacial score (nSPS) is 9.79. The van der Waals surface area contributed by atoms with Gasteiger partial charge in [0.25, 0.3) is 0 Å². The van der Waals surface area contributed by atoms with E-state index in [4.69, 9.17) is 25.8 Å². The fraction of sp³-hybridized carbons (Fsp3) is 0.467. The molecule has 0 aliphatic heterocycles. The Kier molecular flexibility index (Phi) is 8.91. The fourth-order valence-electron chi connectivity index (χ4n) is 1.42. The number of hydrogen-bond acceptors (Lipinski definition) is 3. The number of benzene rings is 1. The van der Waals surface area contributed by atoms with E-state index in [1.54, 1.807) is 7.11 Å². The Morgan fingerprint density at radius 3 is 2.84 bits per heavy atom. The van der Waals surface area contributed by atoms with E-state index in [1.165, 1.54) is 0 Å². The van der Waals surface area contributed by atoms with Gasteiger partial charge in [-0.3, -0.25) is 0 Å². The number of methoxy groups -OCH3 is 1. The van der Waals surface area contributed by atoms with Crippen molar-refractivity contribution in [1.29, 1.82) is 0 Å². The van der Waals surface area contributed by atoms with Crippen LogP contribution in [0.3, 0.4) is 0 Å². The van der Waals surface area contributed by atoms with Crippen molar-refractivity contribution in [3.8, 4) is 17.6 Å². The van der Waals surface area contributed by atoms with Crippen LogP contribution in [0.15, 0.2) is 24.3 Å². The van der Waals surface area contributed by atoms with E-state index in [2.05, 4.69) is 11.8 Å². The van der Waals surface area contributed by atoms with Crippen molar-refractivity contribution in [3.05, 3.63) is 29.8 Å². The van der Waals surface area contributed by atoms with Gasteiger partial charge in [-0.1, -0.05) is 17.9 Å². The van der Waals surface area contributed by atoms with Crippen molar-refractivity contribution < 1.29 is 14.2 Å². The van der Waals surface area contributed by atoms with Crippen LogP contribution in [0.5, 0.6) is 5.75 Å². The molecule has 104 valence electrons. The molecule has 19 heavy (non-hydrogen) atoms. The molecule has 0 N–H and O–H groups in total. The summed E-state index contributed by atoms with van der Waals surface area (Å²) in [6, 6.07) is 7.63. The summed E-state index contributed by atoms with van der Waals surface area (Å²) in [5, 5.41) is 0. The largest absolute Gasteiger partial charge is 0.491 e. The zero-order valence-corrected chi connectivity index (χ0v) is 11.9. The maximum Gasteiger partial charge on any atom is 0.120 e. The van der Waals surface area contributed by atoms with E-state index in [0.717, 1.165) is 24.3 Å². The number of ether oxygens (including phenoxy) is 3. The average molecular weight is 283 g/mol. The molecule has 0 unspecified atom stereocenters. The molecule has 0 fully saturated rings. The van der Waals surface area contributed by atoms with Gasteiger partial charge >= 0.3 is 0 Å². The van der Waals surface area contributed by atoms with E-state index in [9.17, 15) is 0 Å². The van der Waals surface area contributed by atoms with E-state index < -0.39 is 0 Å². The molecule has 3 nitrogen and oxygen atoms in total. The van der Waals surface area contributed by atoms with Crippen LogP contribution in [-0.2, 0) is 9.47 Å². The lowest BCUT2D eigenvalue weighted by atomic mass is 10.2. The average Bonchev–Trinajstić information content (AvgIpc) is 2.44. The summed E-state index contributed by atoms with van der Waals surface area (Å²) in [6.07, 6.45) is 0.903. The molecule has 4 heteroatoms. The minimum Gasteiger partial charge on any atom is -0.491 e. The highest BCUT2D eigenvalue weighted by Gasteiger charge is 1.95. The van der Waals surface area contributed by atoms with Crippen molar-refractivity contribution in [2.24, 2.45) is 0 Å². The summed E-state index contributed by atoms with van der Waals surface area (Å²) in [4.78, 5) is 0. The smallest absolute Gasteiger partial charge is 0.120 e. The maximum absolute atomic E-state index is 5.58. The Bertz CT molecular complexity index is 409. The Morgan fingerprint density at radius 2 is 2.05 bits per heavy atom. The molecule has 0 atom stereocenters. The molecule has 0 aliphatic rings. The van der Waals surface area contributed by atoms with Crippen LogP contribution in [0.2, 0.25) is 0 Å². The van der Waals surface area contributed by atoms with Crippen LogP contribution < -0.4 is 4.74 Å². The molecule has 0 aromatic heterocycles. The minimum atomic E-state index is 0.334. The third kappa shape index (κ3) is 7.74. The lowest BCUT2D eigenvalue weighted by Crippen LogP contribution is -2.08. The van der Waals surface area contributed by atoms with Gasteiger partial charge in [0.1, 0.15) is 12.4 Å². The van der Waals surface area contributed by atoms with Crippen molar-refractivity contribution in [3.63, 3.8) is 0 Å². The highest BCUT2D eigenvalue weighted by molar-refractivity contribution is 6.19. The molecule has 1 aromatic carbocycles. The molecular formula is C15H19ClO3. The van der Waals surface area contributed by atoms with Crippen molar-refractivity contribution in [2.75, 3.05) is 39.4 Å². The second kappa shape index (κ2) is 10.7. The van der Waals surface area contributed by atoms with Crippen LogP contribution in [0, 0.1) is 11.8 Å². The van der Waals surface area contributed by atoms with Gasteiger partial charge in [0, 0.05) is 25.9 Å². The molecule has 0 saturated carbocycles. The van der Waals surface area contributed by atoms with Gasteiger partial charge in [-0.25, -0.2) is 0 Å². The van der Waals surface area contributed by atoms with Crippen LogP contribution in [-0.4, -0.2) is 39.4 Å². The van der Waals surface area contributed by atoms with Crippen LogP contribution in [0.4, 0.5) is 0 Å². The monoisotopic (exact) mass is 282 g/mol. The molecule has 1 aromatic rings. The summed E-state index contributed by atoms with van der Waals surface area (Å²) in [6.45, 7) is 2.52. The van der Waals surface area contributed by atoms with Crippen LogP contribution in [0.25, 0.3) is 0 Å².